The van der Waals surface area contributed by atoms with Crippen molar-refractivity contribution >= 4 is 23.5 Å². The van der Waals surface area contributed by atoms with Gasteiger partial charge in [-0.3, -0.25) is 9.59 Å². The summed E-state index contributed by atoms with van der Waals surface area (Å²) < 4.78 is 0. The second-order valence-electron chi connectivity index (χ2n) is 5.73. The van der Waals surface area contributed by atoms with Crippen LogP contribution in [0.5, 0.6) is 0 Å². The van der Waals surface area contributed by atoms with Crippen molar-refractivity contribution in [3.05, 3.63) is 29.8 Å². The number of hydrogen-bond donors (Lipinski definition) is 3. The van der Waals surface area contributed by atoms with Crippen LogP contribution in [-0.2, 0) is 14.4 Å². The van der Waals surface area contributed by atoms with Gasteiger partial charge in [0, 0.05) is 25.1 Å². The summed E-state index contributed by atoms with van der Waals surface area (Å²) in [6, 6.07) is 6.80. The van der Waals surface area contributed by atoms with E-state index in [0.717, 1.165) is 18.7 Å². The molecule has 0 spiro atoms. The molecule has 0 radical (unpaired) electrons. The standard InChI is InChI=1S/C18H26N2O5/c1-2-3-4-5-13-19-15-11-9-14(10-12-15)18(24)25-20-16(21)7-6-8-17(22)23/h9-12,19H,2-8,13H2,1H3,(H,20,21)(H,22,23). The van der Waals surface area contributed by atoms with Crippen molar-refractivity contribution in [1.29, 1.82) is 0 Å². The fourth-order valence-corrected chi connectivity index (χ4v) is 2.12. The largest absolute Gasteiger partial charge is 0.481 e. The molecule has 1 aromatic carbocycles. The van der Waals surface area contributed by atoms with Gasteiger partial charge in [0.2, 0.25) is 0 Å². The van der Waals surface area contributed by atoms with Crippen molar-refractivity contribution in [2.45, 2.75) is 51.9 Å². The van der Waals surface area contributed by atoms with Crippen LogP contribution >= 0.6 is 0 Å². The van der Waals surface area contributed by atoms with E-state index in [4.69, 9.17) is 9.94 Å². The van der Waals surface area contributed by atoms with E-state index in [0.29, 0.717) is 5.56 Å². The molecule has 0 unspecified atom stereocenters. The van der Waals surface area contributed by atoms with Crippen molar-refractivity contribution in [3.63, 3.8) is 0 Å². The van der Waals surface area contributed by atoms with E-state index in [9.17, 15) is 14.4 Å². The average Bonchev–Trinajstić information content (AvgIpc) is 2.59. The second kappa shape index (κ2) is 11.9. The third kappa shape index (κ3) is 9.34. The molecule has 0 saturated carbocycles. The number of hydrogen-bond acceptors (Lipinski definition) is 5. The summed E-state index contributed by atoms with van der Waals surface area (Å²) in [6.07, 6.45) is 4.80. The van der Waals surface area contributed by atoms with Crippen molar-refractivity contribution in [2.24, 2.45) is 0 Å². The summed E-state index contributed by atoms with van der Waals surface area (Å²) in [5.74, 6) is -2.16. The summed E-state index contributed by atoms with van der Waals surface area (Å²) in [7, 11) is 0. The quantitative estimate of drug-likeness (QED) is 0.418. The van der Waals surface area contributed by atoms with E-state index in [1.807, 2.05) is 5.48 Å². The highest BCUT2D eigenvalue weighted by molar-refractivity contribution is 5.90. The van der Waals surface area contributed by atoms with Crippen LogP contribution in [0.4, 0.5) is 5.69 Å². The summed E-state index contributed by atoms with van der Waals surface area (Å²) in [5, 5.41) is 11.8. The summed E-state index contributed by atoms with van der Waals surface area (Å²) in [5.41, 5.74) is 3.27. The Kier molecular flexibility index (Phi) is 9.74. The number of hydroxylamine groups is 1. The van der Waals surface area contributed by atoms with Gasteiger partial charge in [-0.15, -0.1) is 0 Å². The van der Waals surface area contributed by atoms with Crippen LogP contribution in [0.15, 0.2) is 24.3 Å². The number of carbonyl (C=O) groups excluding carboxylic acids is 2. The Morgan fingerprint density at radius 2 is 1.72 bits per heavy atom. The Balaban J connectivity index is 2.29. The first-order valence-corrected chi connectivity index (χ1v) is 8.58. The van der Waals surface area contributed by atoms with Crippen LogP contribution in [0, 0.1) is 0 Å². The summed E-state index contributed by atoms with van der Waals surface area (Å²) >= 11 is 0. The number of nitrogens with one attached hydrogen (secondary N) is 2. The van der Waals surface area contributed by atoms with Crippen molar-refractivity contribution < 1.29 is 24.3 Å². The minimum atomic E-state index is -0.969. The molecule has 0 aliphatic rings. The van der Waals surface area contributed by atoms with E-state index in [2.05, 4.69) is 12.2 Å². The Bertz CT molecular complexity index is 557. The molecule has 1 rings (SSSR count). The van der Waals surface area contributed by atoms with Crippen LogP contribution in [-0.4, -0.2) is 29.5 Å². The molecule has 1 amide bonds. The maximum absolute atomic E-state index is 11.8. The van der Waals surface area contributed by atoms with Gasteiger partial charge in [-0.25, -0.2) is 4.79 Å². The predicted octanol–water partition coefficient (Wildman–Crippen LogP) is 3.12. The number of carbonyl (C=O) groups is 3. The number of benzene rings is 1. The molecule has 1 aromatic rings. The molecule has 138 valence electrons. The molecule has 3 N–H and O–H groups in total. The van der Waals surface area contributed by atoms with E-state index in [-0.39, 0.29) is 19.3 Å². The van der Waals surface area contributed by atoms with Crippen LogP contribution < -0.4 is 10.8 Å². The molecule has 0 aliphatic heterocycles. The Morgan fingerprint density at radius 3 is 2.36 bits per heavy atom. The Morgan fingerprint density at radius 1 is 1.00 bits per heavy atom. The maximum atomic E-state index is 11.8. The molecule has 0 fully saturated rings. The lowest BCUT2D eigenvalue weighted by atomic mass is 10.2. The van der Waals surface area contributed by atoms with Crippen LogP contribution in [0.25, 0.3) is 0 Å². The van der Waals surface area contributed by atoms with Gasteiger partial charge in [0.1, 0.15) is 0 Å². The molecule has 0 saturated heterocycles. The summed E-state index contributed by atoms with van der Waals surface area (Å²) in [6.45, 7) is 3.06. The minimum absolute atomic E-state index is 0.0134. The molecule has 7 nitrogen and oxygen atoms in total. The first kappa shape index (κ1) is 20.5. The van der Waals surface area contributed by atoms with Gasteiger partial charge in [-0.1, -0.05) is 26.2 Å². The van der Waals surface area contributed by atoms with E-state index in [1.54, 1.807) is 24.3 Å². The van der Waals surface area contributed by atoms with E-state index < -0.39 is 17.8 Å². The number of anilines is 1. The number of rotatable bonds is 11. The maximum Gasteiger partial charge on any atom is 0.362 e. The van der Waals surface area contributed by atoms with Crippen molar-refractivity contribution in [1.82, 2.24) is 5.48 Å². The fourth-order valence-electron chi connectivity index (χ4n) is 2.12. The minimum Gasteiger partial charge on any atom is -0.481 e. The van der Waals surface area contributed by atoms with Gasteiger partial charge < -0.3 is 15.3 Å². The molecular formula is C18H26N2O5. The lowest BCUT2D eigenvalue weighted by molar-refractivity contribution is -0.137. The van der Waals surface area contributed by atoms with Crippen LogP contribution in [0.3, 0.4) is 0 Å². The summed E-state index contributed by atoms with van der Waals surface area (Å²) in [4.78, 5) is 38.3. The van der Waals surface area contributed by atoms with Crippen LogP contribution in [0.2, 0.25) is 0 Å². The normalized spacial score (nSPS) is 10.1. The van der Waals surface area contributed by atoms with Gasteiger partial charge in [-0.2, -0.15) is 5.48 Å². The molecule has 0 heterocycles. The highest BCUT2D eigenvalue weighted by atomic mass is 16.7. The Labute approximate surface area is 147 Å². The highest BCUT2D eigenvalue weighted by Gasteiger charge is 2.10. The number of carboxylic acid groups (broad SMARTS) is 1. The second-order valence-corrected chi connectivity index (χ2v) is 5.73. The molecule has 0 aliphatic carbocycles. The zero-order chi connectivity index (χ0) is 18.5. The highest BCUT2D eigenvalue weighted by Crippen LogP contribution is 2.11. The van der Waals surface area contributed by atoms with Crippen molar-refractivity contribution in [2.75, 3.05) is 11.9 Å². The van der Waals surface area contributed by atoms with Gasteiger partial charge >= 0.3 is 11.9 Å². The first-order valence-electron chi connectivity index (χ1n) is 8.58. The van der Waals surface area contributed by atoms with Gasteiger partial charge in [0.15, 0.2) is 0 Å². The van der Waals surface area contributed by atoms with E-state index >= 15 is 0 Å². The number of amides is 1. The zero-order valence-corrected chi connectivity index (χ0v) is 14.5. The predicted molar refractivity (Wildman–Crippen MR) is 94.1 cm³/mol. The SMILES string of the molecule is CCCCCCNc1ccc(C(=O)ONC(=O)CCCC(=O)O)cc1. The lowest BCUT2D eigenvalue weighted by Crippen LogP contribution is -2.27. The molecule has 7 heteroatoms. The molecular weight excluding hydrogens is 324 g/mol. The molecule has 0 bridgehead atoms. The third-order valence-corrected chi connectivity index (χ3v) is 3.53. The number of aliphatic carboxylic acids is 1. The first-order chi connectivity index (χ1) is 12.0. The lowest BCUT2D eigenvalue weighted by Gasteiger charge is -2.08. The third-order valence-electron chi connectivity index (χ3n) is 3.53. The molecule has 25 heavy (non-hydrogen) atoms. The zero-order valence-electron chi connectivity index (χ0n) is 14.5. The van der Waals surface area contributed by atoms with Gasteiger partial charge in [0.05, 0.1) is 5.56 Å². The van der Waals surface area contributed by atoms with Gasteiger partial charge in [-0.05, 0) is 37.1 Å². The monoisotopic (exact) mass is 350 g/mol. The van der Waals surface area contributed by atoms with E-state index in [1.165, 1.54) is 19.3 Å². The fraction of sp³-hybridized carbons (Fsp3) is 0.500. The average molecular weight is 350 g/mol. The Hall–Kier alpha value is -2.57. The molecule has 0 aromatic heterocycles. The number of unbranched alkanes of at least 4 members (excludes halogenated alkanes) is 3. The topological polar surface area (TPSA) is 105 Å². The van der Waals surface area contributed by atoms with Crippen LogP contribution in [0.1, 0.15) is 62.2 Å². The number of carboxylic acids is 1. The molecule has 0 atom stereocenters. The van der Waals surface area contributed by atoms with Gasteiger partial charge in [0.25, 0.3) is 5.91 Å². The van der Waals surface area contributed by atoms with Crippen molar-refractivity contribution in [3.8, 4) is 0 Å². The smallest absolute Gasteiger partial charge is 0.362 e.